The van der Waals surface area contributed by atoms with Gasteiger partial charge in [0, 0.05) is 30.8 Å². The molecule has 2 atom stereocenters. The second-order valence-corrected chi connectivity index (χ2v) is 9.24. The number of nitrogens with one attached hydrogen (secondary N) is 4. The lowest BCUT2D eigenvalue weighted by Gasteiger charge is -2.22. The van der Waals surface area contributed by atoms with E-state index >= 15 is 0 Å². The van der Waals surface area contributed by atoms with Crippen LogP contribution in [-0.2, 0) is 27.4 Å². The summed E-state index contributed by atoms with van der Waals surface area (Å²) in [5, 5.41) is 21.3. The lowest BCUT2D eigenvalue weighted by atomic mass is 10.0. The zero-order valence-corrected chi connectivity index (χ0v) is 22.7. The predicted molar refractivity (Wildman–Crippen MR) is 154 cm³/mol. The number of amides is 5. The van der Waals surface area contributed by atoms with Crippen LogP contribution in [0.3, 0.4) is 0 Å². The van der Waals surface area contributed by atoms with Gasteiger partial charge in [0.25, 0.3) is 5.69 Å². The second kappa shape index (κ2) is 16.0. The van der Waals surface area contributed by atoms with E-state index in [1.165, 1.54) is 24.3 Å². The Balaban J connectivity index is 1.70. The number of hydrogen-bond donors (Lipinski definition) is 5. The molecule has 0 unspecified atom stereocenters. The zero-order chi connectivity index (χ0) is 30.3. The number of hydrogen-bond acceptors (Lipinski definition) is 8. The van der Waals surface area contributed by atoms with Crippen LogP contribution in [0, 0.1) is 10.1 Å². The van der Waals surface area contributed by atoms with Crippen molar-refractivity contribution in [3.05, 3.63) is 106 Å². The SMILES string of the molecule is NC(=O)NCCC[C@H](Nc1ccc([N+](=O)[O-])cc1)C(=O)NC(=O)[C@H](Cc1ccccc1)NC(=O)OCc1ccccc1. The van der Waals surface area contributed by atoms with Crippen molar-refractivity contribution >= 4 is 35.3 Å². The van der Waals surface area contributed by atoms with Crippen molar-refractivity contribution in [1.82, 2.24) is 16.0 Å². The number of nitro benzene ring substituents is 1. The van der Waals surface area contributed by atoms with Crippen molar-refractivity contribution in [2.75, 3.05) is 11.9 Å². The van der Waals surface area contributed by atoms with Crippen molar-refractivity contribution in [2.45, 2.75) is 38.0 Å². The summed E-state index contributed by atoms with van der Waals surface area (Å²) in [6, 6.07) is 20.6. The van der Waals surface area contributed by atoms with Gasteiger partial charge in [-0.15, -0.1) is 0 Å². The Labute approximate surface area is 242 Å². The zero-order valence-electron chi connectivity index (χ0n) is 22.7. The Morgan fingerprint density at radius 3 is 2.02 bits per heavy atom. The summed E-state index contributed by atoms with van der Waals surface area (Å²) in [6.07, 6.45) is -0.247. The van der Waals surface area contributed by atoms with E-state index in [1.54, 1.807) is 48.5 Å². The van der Waals surface area contributed by atoms with Crippen LogP contribution in [-0.4, -0.2) is 47.5 Å². The van der Waals surface area contributed by atoms with Crippen LogP contribution in [0.5, 0.6) is 0 Å². The van der Waals surface area contributed by atoms with E-state index in [-0.39, 0.29) is 31.7 Å². The minimum atomic E-state index is -1.14. The summed E-state index contributed by atoms with van der Waals surface area (Å²) in [7, 11) is 0. The molecule has 5 amide bonds. The number of ether oxygens (including phenoxy) is 1. The highest BCUT2D eigenvalue weighted by atomic mass is 16.6. The fourth-order valence-corrected chi connectivity index (χ4v) is 3.93. The van der Waals surface area contributed by atoms with Gasteiger partial charge in [-0.25, -0.2) is 9.59 Å². The van der Waals surface area contributed by atoms with Gasteiger partial charge < -0.3 is 26.4 Å². The van der Waals surface area contributed by atoms with E-state index in [2.05, 4.69) is 21.3 Å². The molecule has 3 aromatic carbocycles. The molecule has 0 spiro atoms. The number of urea groups is 1. The Hall–Kier alpha value is -5.46. The third kappa shape index (κ3) is 10.6. The van der Waals surface area contributed by atoms with Crippen molar-refractivity contribution in [3.8, 4) is 0 Å². The van der Waals surface area contributed by atoms with Gasteiger partial charge in [0.15, 0.2) is 0 Å². The molecule has 0 radical (unpaired) electrons. The lowest BCUT2D eigenvalue weighted by Crippen LogP contribution is -2.52. The number of alkyl carbamates (subject to hydrolysis) is 1. The first-order valence-corrected chi connectivity index (χ1v) is 13.1. The van der Waals surface area contributed by atoms with Gasteiger partial charge in [-0.3, -0.25) is 25.0 Å². The summed E-state index contributed by atoms with van der Waals surface area (Å²) in [4.78, 5) is 60.6. The minimum Gasteiger partial charge on any atom is -0.445 e. The first kappa shape index (κ1) is 31.1. The average molecular weight is 577 g/mol. The van der Waals surface area contributed by atoms with Crippen molar-refractivity contribution < 1.29 is 28.8 Å². The van der Waals surface area contributed by atoms with Crippen LogP contribution >= 0.6 is 0 Å². The smallest absolute Gasteiger partial charge is 0.408 e. The highest BCUT2D eigenvalue weighted by Crippen LogP contribution is 2.17. The van der Waals surface area contributed by atoms with Gasteiger partial charge in [-0.2, -0.15) is 0 Å². The molecule has 3 rings (SSSR count). The summed E-state index contributed by atoms with van der Waals surface area (Å²) < 4.78 is 5.27. The average Bonchev–Trinajstić information content (AvgIpc) is 2.98. The molecule has 13 nitrogen and oxygen atoms in total. The van der Waals surface area contributed by atoms with Crippen LogP contribution in [0.4, 0.5) is 21.0 Å². The molecule has 6 N–H and O–H groups in total. The molecular weight excluding hydrogens is 544 g/mol. The van der Waals surface area contributed by atoms with Gasteiger partial charge in [-0.1, -0.05) is 60.7 Å². The Bertz CT molecular complexity index is 1350. The summed E-state index contributed by atoms with van der Waals surface area (Å²) >= 11 is 0. The normalized spacial score (nSPS) is 11.8. The molecule has 0 aliphatic carbocycles. The van der Waals surface area contributed by atoms with E-state index in [4.69, 9.17) is 10.5 Å². The molecule has 42 heavy (non-hydrogen) atoms. The van der Waals surface area contributed by atoms with Gasteiger partial charge in [0.05, 0.1) is 4.92 Å². The fraction of sp³-hybridized carbons (Fsp3) is 0.241. The van der Waals surface area contributed by atoms with E-state index in [9.17, 15) is 29.3 Å². The monoisotopic (exact) mass is 576 g/mol. The molecule has 0 fully saturated rings. The van der Waals surface area contributed by atoms with Gasteiger partial charge in [0.1, 0.15) is 18.7 Å². The van der Waals surface area contributed by atoms with Crippen LogP contribution < -0.4 is 27.0 Å². The molecule has 0 heterocycles. The maximum absolute atomic E-state index is 13.3. The minimum absolute atomic E-state index is 0.00809. The largest absolute Gasteiger partial charge is 0.445 e. The third-order valence-corrected chi connectivity index (χ3v) is 6.05. The van der Waals surface area contributed by atoms with Crippen LogP contribution in [0.2, 0.25) is 0 Å². The standard InChI is InChI=1S/C29H32N6O7/c30-28(38)31-17-7-12-24(32-22-13-15-23(16-14-22)35(40)41)26(36)34-27(37)25(18-20-8-3-1-4-9-20)33-29(39)42-19-21-10-5-2-6-11-21/h1-6,8-11,13-16,24-25,32H,7,12,17-19H2,(H,33,39)(H3,30,31,38)(H,34,36,37)/t24-,25-/m0/s1. The molecule has 0 aliphatic heterocycles. The first-order valence-electron chi connectivity index (χ1n) is 13.1. The number of rotatable bonds is 14. The Kier molecular flexibility index (Phi) is 11.8. The summed E-state index contributed by atoms with van der Waals surface area (Å²) in [5.41, 5.74) is 6.88. The van der Waals surface area contributed by atoms with E-state index in [1.807, 2.05) is 12.1 Å². The topological polar surface area (TPSA) is 195 Å². The number of non-ortho nitro benzene ring substituents is 1. The predicted octanol–water partition coefficient (Wildman–Crippen LogP) is 3.00. The number of carbonyl (C=O) groups is 4. The van der Waals surface area contributed by atoms with Gasteiger partial charge in [0.2, 0.25) is 11.8 Å². The molecule has 13 heteroatoms. The number of nitrogens with zero attached hydrogens (tertiary/aromatic N) is 1. The molecule has 0 saturated heterocycles. The molecule has 0 bridgehead atoms. The molecule has 0 saturated carbocycles. The number of nitro groups is 1. The van der Waals surface area contributed by atoms with Crippen molar-refractivity contribution in [1.29, 1.82) is 0 Å². The Morgan fingerprint density at radius 1 is 0.833 bits per heavy atom. The summed E-state index contributed by atoms with van der Waals surface area (Å²) in [6.45, 7) is 0.173. The molecule has 0 aliphatic rings. The Morgan fingerprint density at radius 2 is 1.43 bits per heavy atom. The van der Waals surface area contributed by atoms with E-state index in [0.29, 0.717) is 12.1 Å². The van der Waals surface area contributed by atoms with Crippen LogP contribution in [0.15, 0.2) is 84.9 Å². The maximum atomic E-state index is 13.3. The first-order chi connectivity index (χ1) is 20.2. The molecule has 3 aromatic rings. The number of anilines is 1. The van der Waals surface area contributed by atoms with Crippen molar-refractivity contribution in [2.24, 2.45) is 5.73 Å². The van der Waals surface area contributed by atoms with Crippen LogP contribution in [0.25, 0.3) is 0 Å². The lowest BCUT2D eigenvalue weighted by molar-refractivity contribution is -0.384. The summed E-state index contributed by atoms with van der Waals surface area (Å²) in [5.74, 6) is -1.46. The number of carbonyl (C=O) groups excluding carboxylic acids is 4. The van der Waals surface area contributed by atoms with Gasteiger partial charge >= 0.3 is 12.1 Å². The number of nitrogens with two attached hydrogens (primary N) is 1. The number of imide groups is 1. The number of benzene rings is 3. The highest BCUT2D eigenvalue weighted by molar-refractivity contribution is 6.01. The maximum Gasteiger partial charge on any atom is 0.408 e. The fourth-order valence-electron chi connectivity index (χ4n) is 3.93. The van der Waals surface area contributed by atoms with Crippen molar-refractivity contribution in [3.63, 3.8) is 0 Å². The highest BCUT2D eigenvalue weighted by Gasteiger charge is 2.27. The van der Waals surface area contributed by atoms with E-state index in [0.717, 1.165) is 11.1 Å². The van der Waals surface area contributed by atoms with Crippen LogP contribution in [0.1, 0.15) is 24.0 Å². The quantitative estimate of drug-likeness (QED) is 0.110. The molecule has 220 valence electrons. The number of primary amides is 1. The molecular formula is C29H32N6O7. The van der Waals surface area contributed by atoms with Gasteiger partial charge in [-0.05, 0) is 36.1 Å². The van der Waals surface area contributed by atoms with E-state index < -0.39 is 40.9 Å². The third-order valence-electron chi connectivity index (χ3n) is 6.05. The second-order valence-electron chi connectivity index (χ2n) is 9.24. The molecule has 0 aromatic heterocycles.